The summed E-state index contributed by atoms with van der Waals surface area (Å²) in [7, 11) is 1.55. The summed E-state index contributed by atoms with van der Waals surface area (Å²) in [6.07, 6.45) is -0.260. The Morgan fingerprint density at radius 3 is 2.72 bits per heavy atom. The average molecular weight is 292 g/mol. The summed E-state index contributed by atoms with van der Waals surface area (Å²) in [5.74, 6) is -0.853. The quantitative estimate of drug-likeness (QED) is 0.811. The molecule has 1 rings (SSSR count). The first-order valence-electron chi connectivity index (χ1n) is 5.21. The maximum atomic E-state index is 11.3. The van der Waals surface area contributed by atoms with Crippen molar-refractivity contribution in [2.45, 2.75) is 13.0 Å². The van der Waals surface area contributed by atoms with Crippen molar-refractivity contribution in [3.63, 3.8) is 0 Å². The molecule has 0 aromatic carbocycles. The molecular formula is C11H14ClNO4S. The van der Waals surface area contributed by atoms with E-state index in [-0.39, 0.29) is 18.6 Å². The summed E-state index contributed by atoms with van der Waals surface area (Å²) < 4.78 is 10.5. The van der Waals surface area contributed by atoms with Gasteiger partial charge in [0.05, 0.1) is 4.34 Å². The lowest BCUT2D eigenvalue weighted by molar-refractivity contribution is -0.146. The molecule has 7 heteroatoms. The second-order valence-electron chi connectivity index (χ2n) is 3.45. The van der Waals surface area contributed by atoms with E-state index in [1.54, 1.807) is 13.2 Å². The predicted molar refractivity (Wildman–Crippen MR) is 68.7 cm³/mol. The molecule has 1 amide bonds. The van der Waals surface area contributed by atoms with Crippen LogP contribution in [0.4, 0.5) is 0 Å². The van der Waals surface area contributed by atoms with Gasteiger partial charge in [0, 0.05) is 25.5 Å². The van der Waals surface area contributed by atoms with E-state index in [4.69, 9.17) is 16.3 Å². The van der Waals surface area contributed by atoms with E-state index in [0.29, 0.717) is 10.9 Å². The highest BCUT2D eigenvalue weighted by molar-refractivity contribution is 7.16. The molecule has 0 radical (unpaired) electrons. The fraction of sp³-hybridized carbons (Fsp3) is 0.455. The van der Waals surface area contributed by atoms with Crippen LogP contribution in [-0.2, 0) is 19.1 Å². The number of halogens is 1. The molecule has 0 aliphatic rings. The van der Waals surface area contributed by atoms with Crippen molar-refractivity contribution in [1.82, 2.24) is 5.32 Å². The molecule has 1 aromatic heterocycles. The molecule has 100 valence electrons. The third kappa shape index (κ3) is 5.03. The molecule has 1 N–H and O–H groups in total. The number of amides is 1. The zero-order chi connectivity index (χ0) is 13.5. The second kappa shape index (κ2) is 7.35. The number of esters is 1. The number of nitrogens with one attached hydrogen (secondary N) is 1. The first kappa shape index (κ1) is 14.9. The molecule has 1 atom stereocenters. The van der Waals surface area contributed by atoms with Gasteiger partial charge in [-0.1, -0.05) is 11.6 Å². The van der Waals surface area contributed by atoms with Crippen LogP contribution in [0.5, 0.6) is 0 Å². The molecule has 0 fully saturated rings. The summed E-state index contributed by atoms with van der Waals surface area (Å²) in [5.41, 5.74) is 0. The fourth-order valence-electron chi connectivity index (χ4n) is 1.23. The highest BCUT2D eigenvalue weighted by Gasteiger charge is 2.14. The van der Waals surface area contributed by atoms with Crippen LogP contribution < -0.4 is 5.32 Å². The molecular weight excluding hydrogens is 278 g/mol. The first-order chi connectivity index (χ1) is 8.52. The number of thiophene rings is 1. The number of methoxy groups -OCH3 is 1. The Kier molecular flexibility index (Phi) is 6.11. The molecule has 5 nitrogen and oxygen atoms in total. The highest BCUT2D eigenvalue weighted by atomic mass is 35.5. The van der Waals surface area contributed by atoms with Crippen LogP contribution in [0.1, 0.15) is 17.9 Å². The number of hydrogen-bond donors (Lipinski definition) is 1. The van der Waals surface area contributed by atoms with Crippen LogP contribution in [-0.4, -0.2) is 32.1 Å². The van der Waals surface area contributed by atoms with Gasteiger partial charge in [-0.25, -0.2) is 0 Å². The van der Waals surface area contributed by atoms with Crippen molar-refractivity contribution in [1.29, 1.82) is 0 Å². The number of rotatable bonds is 6. The normalized spacial score (nSPS) is 11.9. The summed E-state index contributed by atoms with van der Waals surface area (Å²) in [4.78, 5) is 22.8. The van der Waals surface area contributed by atoms with Crippen molar-refractivity contribution in [3.8, 4) is 0 Å². The minimum Gasteiger partial charge on any atom is -0.456 e. The lowest BCUT2D eigenvalue weighted by atomic mass is 10.3. The molecule has 0 aliphatic carbocycles. The van der Waals surface area contributed by atoms with Crippen molar-refractivity contribution in [2.75, 3.05) is 20.3 Å². The monoisotopic (exact) mass is 291 g/mol. The van der Waals surface area contributed by atoms with Gasteiger partial charge in [0.25, 0.3) is 5.91 Å². The molecule has 1 unspecified atom stereocenters. The van der Waals surface area contributed by atoms with Gasteiger partial charge < -0.3 is 14.8 Å². The molecule has 0 spiro atoms. The van der Waals surface area contributed by atoms with Gasteiger partial charge in [0.15, 0.2) is 6.61 Å². The fourth-order valence-corrected chi connectivity index (χ4v) is 2.36. The van der Waals surface area contributed by atoms with Crippen LogP contribution >= 0.6 is 22.9 Å². The zero-order valence-electron chi connectivity index (χ0n) is 10.1. The van der Waals surface area contributed by atoms with E-state index in [1.807, 2.05) is 6.07 Å². The maximum Gasteiger partial charge on any atom is 0.303 e. The Morgan fingerprint density at radius 1 is 1.50 bits per heavy atom. The average Bonchev–Trinajstić information content (AvgIpc) is 2.74. The number of carbonyl (C=O) groups excluding carboxylic acids is 2. The molecule has 1 aromatic rings. The molecule has 0 aliphatic heterocycles. The summed E-state index contributed by atoms with van der Waals surface area (Å²) >= 11 is 7.22. The van der Waals surface area contributed by atoms with Crippen LogP contribution in [0.25, 0.3) is 0 Å². The van der Waals surface area contributed by atoms with Gasteiger partial charge in [-0.2, -0.15) is 0 Å². The minimum absolute atomic E-state index is 0.260. The van der Waals surface area contributed by atoms with E-state index >= 15 is 0 Å². The standard InChI is InChI=1S/C11H14ClNO4S/c1-7(14)17-6-11(15)13-5-8(16-2)9-3-4-10(12)18-9/h3-4,8H,5-6H2,1-2H3,(H,13,15). The SMILES string of the molecule is COC(CNC(=O)COC(C)=O)c1ccc(Cl)s1. The lowest BCUT2D eigenvalue weighted by Gasteiger charge is -2.14. The van der Waals surface area contributed by atoms with E-state index in [9.17, 15) is 9.59 Å². The Labute approximate surface area is 114 Å². The van der Waals surface area contributed by atoms with Gasteiger partial charge >= 0.3 is 5.97 Å². The molecule has 18 heavy (non-hydrogen) atoms. The van der Waals surface area contributed by atoms with Gasteiger partial charge in [-0.05, 0) is 12.1 Å². The van der Waals surface area contributed by atoms with Crippen LogP contribution in [0.3, 0.4) is 0 Å². The van der Waals surface area contributed by atoms with E-state index in [0.717, 1.165) is 4.88 Å². The third-order valence-corrected chi connectivity index (χ3v) is 3.41. The topological polar surface area (TPSA) is 64.6 Å². The first-order valence-corrected chi connectivity index (χ1v) is 6.40. The van der Waals surface area contributed by atoms with Crippen LogP contribution in [0, 0.1) is 0 Å². The highest BCUT2D eigenvalue weighted by Crippen LogP contribution is 2.28. The molecule has 1 heterocycles. The summed E-state index contributed by atoms with van der Waals surface area (Å²) in [6.45, 7) is 1.27. The van der Waals surface area contributed by atoms with E-state index in [2.05, 4.69) is 10.1 Å². The van der Waals surface area contributed by atoms with Gasteiger partial charge in [0.1, 0.15) is 6.10 Å². The van der Waals surface area contributed by atoms with Gasteiger partial charge in [0.2, 0.25) is 0 Å². The van der Waals surface area contributed by atoms with E-state index in [1.165, 1.54) is 18.3 Å². The number of carbonyl (C=O) groups is 2. The summed E-state index contributed by atoms with van der Waals surface area (Å²) in [5, 5.41) is 2.62. The van der Waals surface area contributed by atoms with Crippen molar-refractivity contribution < 1.29 is 19.1 Å². The van der Waals surface area contributed by atoms with Crippen LogP contribution in [0.2, 0.25) is 4.34 Å². The Bertz CT molecular complexity index is 421. The van der Waals surface area contributed by atoms with Crippen molar-refractivity contribution >= 4 is 34.8 Å². The van der Waals surface area contributed by atoms with Crippen molar-refractivity contribution in [3.05, 3.63) is 21.3 Å². The number of ether oxygens (including phenoxy) is 2. The van der Waals surface area contributed by atoms with Gasteiger partial charge in [-0.3, -0.25) is 9.59 Å². The largest absolute Gasteiger partial charge is 0.456 e. The van der Waals surface area contributed by atoms with Crippen LogP contribution in [0.15, 0.2) is 12.1 Å². The third-order valence-electron chi connectivity index (χ3n) is 2.09. The molecule has 0 saturated carbocycles. The summed E-state index contributed by atoms with van der Waals surface area (Å²) in [6, 6.07) is 3.62. The Hall–Kier alpha value is -1.11. The van der Waals surface area contributed by atoms with E-state index < -0.39 is 5.97 Å². The van der Waals surface area contributed by atoms with Gasteiger partial charge in [-0.15, -0.1) is 11.3 Å². The number of hydrogen-bond acceptors (Lipinski definition) is 5. The lowest BCUT2D eigenvalue weighted by Crippen LogP contribution is -2.32. The predicted octanol–water partition coefficient (Wildman–Crippen LogP) is 1.77. The zero-order valence-corrected chi connectivity index (χ0v) is 11.6. The minimum atomic E-state index is -0.488. The second-order valence-corrected chi connectivity index (χ2v) is 5.20. The smallest absolute Gasteiger partial charge is 0.303 e. The Balaban J connectivity index is 2.40. The molecule has 0 bridgehead atoms. The molecule has 0 saturated heterocycles. The maximum absolute atomic E-state index is 11.3. The van der Waals surface area contributed by atoms with Crippen molar-refractivity contribution in [2.24, 2.45) is 0 Å². The Morgan fingerprint density at radius 2 is 2.22 bits per heavy atom.